The van der Waals surface area contributed by atoms with Crippen molar-refractivity contribution in [3.05, 3.63) is 46.6 Å². The van der Waals surface area contributed by atoms with Crippen LogP contribution < -0.4 is 16.2 Å². The molecular formula is C37H51N3O6. The molecule has 0 radical (unpaired) electrons. The van der Waals surface area contributed by atoms with Crippen LogP contribution in [-0.2, 0) is 20.7 Å². The topological polar surface area (TPSA) is 157 Å². The van der Waals surface area contributed by atoms with Crippen LogP contribution in [0.4, 0.5) is 0 Å². The lowest BCUT2D eigenvalue weighted by Gasteiger charge is -2.39. The molecule has 4 rings (SSSR count). The zero-order valence-electron chi connectivity index (χ0n) is 27.6. The minimum Gasteiger partial charge on any atom is -0.504 e. The number of hydrogen-bond acceptors (Lipinski definition) is 7. The Kier molecular flexibility index (Phi) is 12.9. The van der Waals surface area contributed by atoms with Crippen LogP contribution in [0.5, 0.6) is 11.5 Å². The van der Waals surface area contributed by atoms with Crippen LogP contribution in [0.15, 0.2) is 34.9 Å². The van der Waals surface area contributed by atoms with Gasteiger partial charge in [0, 0.05) is 43.4 Å². The van der Waals surface area contributed by atoms with E-state index in [9.17, 15) is 19.8 Å². The molecule has 0 amide bonds. The van der Waals surface area contributed by atoms with Gasteiger partial charge in [0.1, 0.15) is 5.78 Å². The predicted molar refractivity (Wildman–Crippen MR) is 180 cm³/mol. The second kappa shape index (κ2) is 16.8. The van der Waals surface area contributed by atoms with Crippen LogP contribution in [0.3, 0.4) is 0 Å². The average molecular weight is 634 g/mol. The Morgan fingerprint density at radius 2 is 1.91 bits per heavy atom. The van der Waals surface area contributed by atoms with Crippen molar-refractivity contribution in [2.45, 2.75) is 115 Å². The predicted octanol–water partition coefficient (Wildman–Crippen LogP) is 4.99. The van der Waals surface area contributed by atoms with Crippen LogP contribution in [0.25, 0.3) is 0 Å². The van der Waals surface area contributed by atoms with Gasteiger partial charge in [0.15, 0.2) is 23.2 Å². The number of ether oxygens (including phenoxy) is 2. The number of allylic oxidation sites excluding steroid dienone is 1. The SMILES string of the molecule is CCCC(=CC(=O)CCc1cc(OC2CCCC2)c(O)c2c1C#CCC(N=C(N)N)C1C=CC(OC)C(C1)C2CCC(C)=O)CO. The molecule has 0 saturated heterocycles. The van der Waals surface area contributed by atoms with Crippen molar-refractivity contribution in [1.29, 1.82) is 0 Å². The van der Waals surface area contributed by atoms with Gasteiger partial charge in [-0.15, -0.1) is 0 Å². The summed E-state index contributed by atoms with van der Waals surface area (Å²) in [7, 11) is 1.67. The molecule has 1 aromatic rings. The van der Waals surface area contributed by atoms with Crippen molar-refractivity contribution in [3.63, 3.8) is 0 Å². The van der Waals surface area contributed by atoms with E-state index in [-0.39, 0.29) is 72.3 Å². The number of carbonyl (C=O) groups excluding carboxylic acids is 2. The second-order valence-corrected chi connectivity index (χ2v) is 13.0. The zero-order valence-corrected chi connectivity index (χ0v) is 27.6. The molecule has 0 heterocycles. The van der Waals surface area contributed by atoms with Crippen LogP contribution in [0, 0.1) is 23.7 Å². The molecule has 0 spiro atoms. The molecule has 9 nitrogen and oxygen atoms in total. The molecule has 9 heteroatoms. The summed E-state index contributed by atoms with van der Waals surface area (Å²) in [6, 6.07) is 1.57. The number of methoxy groups -OCH3 is 1. The normalized spacial score (nSPS) is 24.4. The van der Waals surface area contributed by atoms with E-state index in [0.29, 0.717) is 61.0 Å². The van der Waals surface area contributed by atoms with E-state index in [1.54, 1.807) is 20.1 Å². The molecule has 5 unspecified atom stereocenters. The number of aryl methyl sites for hydroxylation is 1. The third-order valence-corrected chi connectivity index (χ3v) is 9.58. The lowest BCUT2D eigenvalue weighted by molar-refractivity contribution is -0.117. The van der Waals surface area contributed by atoms with Gasteiger partial charge in [-0.1, -0.05) is 37.3 Å². The van der Waals surface area contributed by atoms with E-state index in [4.69, 9.17) is 20.9 Å². The summed E-state index contributed by atoms with van der Waals surface area (Å²) in [5.74, 6) is 6.68. The Balaban J connectivity index is 1.90. The summed E-state index contributed by atoms with van der Waals surface area (Å²) in [5, 5.41) is 21.8. The number of phenols is 1. The Morgan fingerprint density at radius 1 is 1.15 bits per heavy atom. The number of guanidine groups is 1. The van der Waals surface area contributed by atoms with E-state index >= 15 is 0 Å². The van der Waals surface area contributed by atoms with Gasteiger partial charge in [0.2, 0.25) is 0 Å². The smallest absolute Gasteiger partial charge is 0.186 e. The zero-order chi connectivity index (χ0) is 33.2. The molecule has 5 atom stereocenters. The number of nitrogens with zero attached hydrogens (tertiary/aromatic N) is 1. The highest BCUT2D eigenvalue weighted by molar-refractivity contribution is 5.90. The maximum Gasteiger partial charge on any atom is 0.186 e. The van der Waals surface area contributed by atoms with Crippen molar-refractivity contribution in [2.24, 2.45) is 28.3 Å². The molecule has 1 saturated carbocycles. The van der Waals surface area contributed by atoms with Gasteiger partial charge in [-0.25, -0.2) is 4.99 Å². The molecule has 6 N–H and O–H groups in total. The summed E-state index contributed by atoms with van der Waals surface area (Å²) in [6.45, 7) is 3.44. The van der Waals surface area contributed by atoms with E-state index in [1.165, 1.54) is 0 Å². The quantitative estimate of drug-likeness (QED) is 0.0734. The van der Waals surface area contributed by atoms with E-state index in [0.717, 1.165) is 37.7 Å². The van der Waals surface area contributed by atoms with Crippen molar-refractivity contribution in [2.75, 3.05) is 13.7 Å². The Bertz CT molecular complexity index is 1390. The summed E-state index contributed by atoms with van der Waals surface area (Å²) >= 11 is 0. The summed E-state index contributed by atoms with van der Waals surface area (Å²) in [6.07, 6.45) is 13.4. The van der Waals surface area contributed by atoms with E-state index in [2.05, 4.69) is 22.9 Å². The second-order valence-electron chi connectivity index (χ2n) is 13.0. The number of aliphatic hydroxyl groups excluding tert-OH is 1. The first-order valence-electron chi connectivity index (χ1n) is 16.8. The van der Waals surface area contributed by atoms with Crippen molar-refractivity contribution in [3.8, 4) is 23.3 Å². The van der Waals surface area contributed by atoms with Gasteiger partial charge in [-0.05, 0) is 93.4 Å². The van der Waals surface area contributed by atoms with E-state index < -0.39 is 0 Å². The number of hydrogen-bond donors (Lipinski definition) is 4. The lowest BCUT2D eigenvalue weighted by Crippen LogP contribution is -2.37. The summed E-state index contributed by atoms with van der Waals surface area (Å²) in [4.78, 5) is 30.0. The molecule has 1 aromatic carbocycles. The van der Waals surface area contributed by atoms with Gasteiger partial charge in [0.25, 0.3) is 0 Å². The molecule has 0 aliphatic heterocycles. The fraction of sp³-hybridized carbons (Fsp3) is 0.595. The van der Waals surface area contributed by atoms with Crippen molar-refractivity contribution >= 4 is 17.5 Å². The molecular weight excluding hydrogens is 582 g/mol. The Hall–Kier alpha value is -3.61. The van der Waals surface area contributed by atoms with Gasteiger partial charge < -0.3 is 35.9 Å². The number of carbonyl (C=O) groups is 2. The largest absolute Gasteiger partial charge is 0.504 e. The lowest BCUT2D eigenvalue weighted by atomic mass is 9.68. The maximum atomic E-state index is 13.1. The summed E-state index contributed by atoms with van der Waals surface area (Å²) in [5.41, 5.74) is 14.5. The molecule has 46 heavy (non-hydrogen) atoms. The maximum absolute atomic E-state index is 13.1. The number of rotatable bonds is 14. The molecule has 2 bridgehead atoms. The number of aliphatic hydroxyl groups is 1. The monoisotopic (exact) mass is 633 g/mol. The Labute approximate surface area is 273 Å². The van der Waals surface area contributed by atoms with Gasteiger partial charge in [-0.2, -0.15) is 0 Å². The summed E-state index contributed by atoms with van der Waals surface area (Å²) < 4.78 is 12.5. The van der Waals surface area contributed by atoms with Crippen LogP contribution in [0.2, 0.25) is 0 Å². The number of Topliss-reactive ketones (excluding diaryl/α,β-unsaturated/α-hetero) is 1. The van der Waals surface area contributed by atoms with Gasteiger partial charge >= 0.3 is 0 Å². The number of nitrogens with two attached hydrogens (primary N) is 2. The third-order valence-electron chi connectivity index (χ3n) is 9.58. The van der Waals surface area contributed by atoms with Crippen LogP contribution >= 0.6 is 0 Å². The van der Waals surface area contributed by atoms with Crippen LogP contribution in [-0.4, -0.2) is 59.7 Å². The van der Waals surface area contributed by atoms with Crippen molar-refractivity contribution in [1.82, 2.24) is 0 Å². The fourth-order valence-electron chi connectivity index (χ4n) is 7.29. The first-order valence-corrected chi connectivity index (χ1v) is 16.8. The average Bonchev–Trinajstić information content (AvgIpc) is 3.54. The molecule has 250 valence electrons. The molecule has 3 aliphatic rings. The molecule has 3 aliphatic carbocycles. The third kappa shape index (κ3) is 9.01. The number of ketones is 2. The highest BCUT2D eigenvalue weighted by Crippen LogP contribution is 2.49. The number of fused-ring (bicyclic) bond motifs is 3. The first kappa shape index (κ1) is 35.2. The number of aromatic hydroxyl groups is 1. The highest BCUT2D eigenvalue weighted by atomic mass is 16.5. The van der Waals surface area contributed by atoms with Crippen molar-refractivity contribution < 1.29 is 29.3 Å². The van der Waals surface area contributed by atoms with E-state index in [1.807, 2.05) is 19.1 Å². The van der Waals surface area contributed by atoms with Crippen LogP contribution in [0.1, 0.15) is 107 Å². The first-order chi connectivity index (χ1) is 22.1. The molecule has 1 fully saturated rings. The fourth-order valence-corrected chi connectivity index (χ4v) is 7.29. The highest BCUT2D eigenvalue weighted by Gasteiger charge is 2.40. The number of benzene rings is 1. The minimum atomic E-state index is -0.296. The molecule has 0 aromatic heterocycles. The standard InChI is InChI=1S/C37H51N3O6/c1-4-8-24(22-41)19-27(43)16-14-25-21-34(46-28-9-5-6-10-28)36(44)35-29(25)11-7-12-32(40-37(38)39)26-15-18-33(45-3)31(20-26)30(35)17-13-23(2)42/h15,18-19,21,26,28,30-33,41,44H,4-6,8-10,12-14,16-17,20,22H2,1-3H3,(H4,38,39,40). The minimum absolute atomic E-state index is 0.000120. The van der Waals surface area contributed by atoms with Gasteiger partial charge in [0.05, 0.1) is 24.9 Å². The Morgan fingerprint density at radius 3 is 2.57 bits per heavy atom. The number of aliphatic imine (C=N–C) groups is 1. The van der Waals surface area contributed by atoms with Gasteiger partial charge in [-0.3, -0.25) is 4.79 Å². The number of phenolic OH excluding ortho intramolecular Hbond substituents is 1.